The molecule has 0 unspecified atom stereocenters. The van der Waals surface area contributed by atoms with E-state index in [1.165, 1.54) is 0 Å². The van der Waals surface area contributed by atoms with Gasteiger partial charge in [0.05, 0.1) is 6.61 Å². The van der Waals surface area contributed by atoms with Crippen LogP contribution in [0.5, 0.6) is 0 Å². The molecule has 0 aromatic rings. The first kappa shape index (κ1) is 20.7. The number of rotatable bonds is 6. The maximum atomic E-state index is 11.6. The number of nitrogens with one attached hydrogen (secondary N) is 3. The van der Waals surface area contributed by atoms with Gasteiger partial charge >= 0.3 is 0 Å². The normalized spacial score (nSPS) is 11.5. The van der Waals surface area contributed by atoms with Gasteiger partial charge in [-0.2, -0.15) is 0 Å². The molecule has 0 fully saturated rings. The third-order valence-corrected chi connectivity index (χ3v) is 2.21. The van der Waals surface area contributed by atoms with Crippen LogP contribution in [-0.4, -0.2) is 52.3 Å². The van der Waals surface area contributed by atoms with Gasteiger partial charge in [0.2, 0.25) is 5.91 Å². The number of nitrogens with zero attached hydrogens (tertiary/aromatic N) is 1. The molecule has 0 rings (SSSR count). The zero-order chi connectivity index (χ0) is 14.0. The lowest BCUT2D eigenvalue weighted by Crippen LogP contribution is -2.44. The minimum Gasteiger partial charge on any atom is -0.383 e. The predicted molar refractivity (Wildman–Crippen MR) is 89.1 cm³/mol. The maximum Gasteiger partial charge on any atom is 0.225 e. The van der Waals surface area contributed by atoms with Gasteiger partial charge in [-0.1, -0.05) is 20.8 Å². The van der Waals surface area contributed by atoms with E-state index in [0.29, 0.717) is 32.2 Å². The van der Waals surface area contributed by atoms with E-state index in [1.54, 1.807) is 14.2 Å². The van der Waals surface area contributed by atoms with Crippen LogP contribution in [0.3, 0.4) is 0 Å². The standard InChI is InChI=1S/C12H26N4O2.HI/c1-12(2,3)10(17)14-6-7-15-11(13-4)16-8-9-18-5;/h6-9H2,1-5H3,(H,14,17)(H2,13,15,16);1H. The molecule has 1 amide bonds. The lowest BCUT2D eigenvalue weighted by atomic mass is 9.96. The van der Waals surface area contributed by atoms with Crippen molar-refractivity contribution in [3.63, 3.8) is 0 Å². The zero-order valence-electron chi connectivity index (χ0n) is 12.5. The van der Waals surface area contributed by atoms with E-state index in [-0.39, 0.29) is 35.3 Å². The number of aliphatic imine (C=N–C) groups is 1. The topological polar surface area (TPSA) is 74.8 Å². The highest BCUT2D eigenvalue weighted by atomic mass is 127. The minimum atomic E-state index is -0.349. The van der Waals surface area contributed by atoms with Gasteiger partial charge in [0.1, 0.15) is 0 Å². The van der Waals surface area contributed by atoms with E-state index in [1.807, 2.05) is 20.8 Å². The molecule has 19 heavy (non-hydrogen) atoms. The second kappa shape index (κ2) is 11.3. The summed E-state index contributed by atoms with van der Waals surface area (Å²) in [5.74, 6) is 0.753. The average Bonchev–Trinajstić information content (AvgIpc) is 2.30. The fourth-order valence-corrected chi connectivity index (χ4v) is 1.11. The Balaban J connectivity index is 0. The number of hydrogen-bond acceptors (Lipinski definition) is 3. The van der Waals surface area contributed by atoms with E-state index in [4.69, 9.17) is 4.74 Å². The molecule has 0 atom stereocenters. The average molecular weight is 386 g/mol. The minimum absolute atomic E-state index is 0. The summed E-state index contributed by atoms with van der Waals surface area (Å²) >= 11 is 0. The molecule has 0 saturated carbocycles. The second-order valence-corrected chi connectivity index (χ2v) is 4.92. The molecule has 0 radical (unpaired) electrons. The fourth-order valence-electron chi connectivity index (χ4n) is 1.11. The number of carbonyl (C=O) groups is 1. The van der Waals surface area contributed by atoms with E-state index in [0.717, 1.165) is 0 Å². The highest BCUT2D eigenvalue weighted by Gasteiger charge is 2.20. The van der Waals surface area contributed by atoms with Gasteiger partial charge < -0.3 is 20.7 Å². The zero-order valence-corrected chi connectivity index (χ0v) is 14.8. The van der Waals surface area contributed by atoms with Gasteiger partial charge in [-0.3, -0.25) is 9.79 Å². The molecule has 0 saturated heterocycles. The van der Waals surface area contributed by atoms with Crippen molar-refractivity contribution < 1.29 is 9.53 Å². The summed E-state index contributed by atoms with van der Waals surface area (Å²) in [6.45, 7) is 8.20. The van der Waals surface area contributed by atoms with E-state index in [9.17, 15) is 4.79 Å². The molecule has 0 bridgehead atoms. The van der Waals surface area contributed by atoms with Gasteiger partial charge in [0, 0.05) is 39.2 Å². The highest BCUT2D eigenvalue weighted by Crippen LogP contribution is 2.11. The summed E-state index contributed by atoms with van der Waals surface area (Å²) in [6, 6.07) is 0. The second-order valence-electron chi connectivity index (χ2n) is 4.92. The van der Waals surface area contributed by atoms with Crippen LogP contribution >= 0.6 is 24.0 Å². The number of methoxy groups -OCH3 is 1. The lowest BCUT2D eigenvalue weighted by Gasteiger charge is -2.18. The van der Waals surface area contributed by atoms with Crippen LogP contribution in [0.25, 0.3) is 0 Å². The maximum absolute atomic E-state index is 11.6. The Morgan fingerprint density at radius 1 is 1.11 bits per heavy atom. The Morgan fingerprint density at radius 2 is 1.63 bits per heavy atom. The van der Waals surface area contributed by atoms with Crippen molar-refractivity contribution >= 4 is 35.8 Å². The van der Waals surface area contributed by atoms with Crippen LogP contribution in [0.4, 0.5) is 0 Å². The Bertz CT molecular complexity index is 277. The Hall–Kier alpha value is -0.570. The number of halogens is 1. The number of guanidine groups is 1. The molecule has 3 N–H and O–H groups in total. The van der Waals surface area contributed by atoms with Crippen LogP contribution in [0.1, 0.15) is 20.8 Å². The number of hydrogen-bond donors (Lipinski definition) is 3. The summed E-state index contributed by atoms with van der Waals surface area (Å²) in [6.07, 6.45) is 0. The summed E-state index contributed by atoms with van der Waals surface area (Å²) < 4.78 is 4.93. The molecular formula is C12H27IN4O2. The van der Waals surface area contributed by atoms with Crippen LogP contribution < -0.4 is 16.0 Å². The third-order valence-electron chi connectivity index (χ3n) is 2.21. The van der Waals surface area contributed by atoms with Crippen LogP contribution in [0.2, 0.25) is 0 Å². The van der Waals surface area contributed by atoms with Crippen molar-refractivity contribution in [2.24, 2.45) is 10.4 Å². The van der Waals surface area contributed by atoms with Crippen LogP contribution in [0.15, 0.2) is 4.99 Å². The van der Waals surface area contributed by atoms with Crippen LogP contribution in [-0.2, 0) is 9.53 Å². The first-order valence-corrected chi connectivity index (χ1v) is 6.13. The predicted octanol–water partition coefficient (Wildman–Crippen LogP) is 0.578. The van der Waals surface area contributed by atoms with E-state index in [2.05, 4.69) is 20.9 Å². The molecule has 0 aliphatic rings. The summed E-state index contributed by atoms with van der Waals surface area (Å²) in [5.41, 5.74) is -0.349. The Morgan fingerprint density at radius 3 is 2.11 bits per heavy atom. The van der Waals surface area contributed by atoms with Gasteiger partial charge in [-0.15, -0.1) is 24.0 Å². The first-order chi connectivity index (χ1) is 8.41. The summed E-state index contributed by atoms with van der Waals surface area (Å²) in [5, 5.41) is 9.05. The summed E-state index contributed by atoms with van der Waals surface area (Å²) in [4.78, 5) is 15.6. The smallest absolute Gasteiger partial charge is 0.225 e. The SMILES string of the molecule is CN=C(NCCNC(=O)C(C)(C)C)NCCOC.I. The lowest BCUT2D eigenvalue weighted by molar-refractivity contribution is -0.128. The molecule has 6 nitrogen and oxygen atoms in total. The monoisotopic (exact) mass is 386 g/mol. The Kier molecular flexibility index (Phi) is 12.3. The van der Waals surface area contributed by atoms with Gasteiger partial charge in [-0.05, 0) is 0 Å². The molecule has 0 heterocycles. The quantitative estimate of drug-likeness (QED) is 0.270. The van der Waals surface area contributed by atoms with Crippen molar-refractivity contribution in [3.05, 3.63) is 0 Å². The first-order valence-electron chi connectivity index (χ1n) is 6.13. The Labute approximate surface area is 133 Å². The molecule has 114 valence electrons. The number of carbonyl (C=O) groups excluding carboxylic acids is 1. The van der Waals surface area contributed by atoms with Gasteiger partial charge in [0.25, 0.3) is 0 Å². The third kappa shape index (κ3) is 11.0. The fraction of sp³-hybridized carbons (Fsp3) is 0.833. The molecule has 0 aliphatic carbocycles. The van der Waals surface area contributed by atoms with Crippen molar-refractivity contribution in [2.75, 3.05) is 40.4 Å². The molecule has 0 aromatic carbocycles. The number of ether oxygens (including phenoxy) is 1. The molecule has 0 aromatic heterocycles. The molecule has 7 heteroatoms. The van der Waals surface area contributed by atoms with Gasteiger partial charge in [-0.25, -0.2) is 0 Å². The highest BCUT2D eigenvalue weighted by molar-refractivity contribution is 14.0. The largest absolute Gasteiger partial charge is 0.383 e. The van der Waals surface area contributed by atoms with Gasteiger partial charge in [0.15, 0.2) is 5.96 Å². The molecule has 0 aliphatic heterocycles. The van der Waals surface area contributed by atoms with Crippen molar-refractivity contribution in [2.45, 2.75) is 20.8 Å². The molecular weight excluding hydrogens is 359 g/mol. The van der Waals surface area contributed by atoms with Crippen molar-refractivity contribution in [1.82, 2.24) is 16.0 Å². The van der Waals surface area contributed by atoms with E-state index < -0.39 is 0 Å². The molecule has 0 spiro atoms. The van der Waals surface area contributed by atoms with Crippen molar-refractivity contribution in [1.29, 1.82) is 0 Å². The van der Waals surface area contributed by atoms with Crippen LogP contribution in [0, 0.1) is 5.41 Å². The summed E-state index contributed by atoms with van der Waals surface area (Å²) in [7, 11) is 3.36. The van der Waals surface area contributed by atoms with E-state index >= 15 is 0 Å². The van der Waals surface area contributed by atoms with Crippen molar-refractivity contribution in [3.8, 4) is 0 Å². The number of amides is 1.